The molecule has 8 nitrogen and oxygen atoms in total. The summed E-state index contributed by atoms with van der Waals surface area (Å²) >= 11 is 0. The van der Waals surface area contributed by atoms with Crippen molar-refractivity contribution >= 4 is 0 Å². The normalized spacial score (nSPS) is 16.2. The van der Waals surface area contributed by atoms with Gasteiger partial charge in [-0.25, -0.2) is 0 Å². The third-order valence-electron chi connectivity index (χ3n) is 8.88. The summed E-state index contributed by atoms with van der Waals surface area (Å²) in [5.41, 5.74) is 5.18. The molecule has 8 heteroatoms. The van der Waals surface area contributed by atoms with Crippen molar-refractivity contribution in [1.29, 1.82) is 0 Å². The number of benzene rings is 6. The van der Waals surface area contributed by atoms with Crippen molar-refractivity contribution in [1.82, 2.24) is 0 Å². The first-order chi connectivity index (χ1) is 26.1. The zero-order chi connectivity index (χ0) is 36.2. The van der Waals surface area contributed by atoms with E-state index >= 15 is 0 Å². The summed E-state index contributed by atoms with van der Waals surface area (Å²) in [6.45, 7) is 1.04. The fraction of sp³-hybridized carbons (Fsp3) is 0.200. The topological polar surface area (TPSA) is 95.8 Å². The van der Waals surface area contributed by atoms with Crippen molar-refractivity contribution in [3.63, 3.8) is 0 Å². The zero-order valence-electron chi connectivity index (χ0n) is 29.3. The molecule has 0 fully saturated rings. The van der Waals surface area contributed by atoms with Gasteiger partial charge in [-0.15, -0.1) is 0 Å². The summed E-state index contributed by atoms with van der Waals surface area (Å²) in [5.74, 6) is 2.48. The molecule has 0 aliphatic carbocycles. The maximum Gasteiger partial charge on any atom is 0.162 e. The summed E-state index contributed by atoms with van der Waals surface area (Å²) in [4.78, 5) is 0. The average Bonchev–Trinajstić information content (AvgIpc) is 3.21. The molecule has 0 amide bonds. The molecule has 6 aromatic rings. The first kappa shape index (κ1) is 35.6. The molecule has 7 rings (SSSR count). The van der Waals surface area contributed by atoms with Gasteiger partial charge in [0.15, 0.2) is 17.6 Å². The van der Waals surface area contributed by atoms with E-state index < -0.39 is 18.3 Å². The zero-order valence-corrected chi connectivity index (χ0v) is 29.3. The highest BCUT2D eigenvalue weighted by Crippen LogP contribution is 2.50. The standard InChI is InChI=1S/C45H42O8/c46-23-24-48-45-42-40(52-31-35-19-11-4-12-20-35)26-37(49-28-32-13-5-1-6-14-32)27-41(42)53-44(43(45)47)36-21-22-38(50-29-33-15-7-2-8-16-33)39(25-36)51-30-34-17-9-3-10-18-34/h1-22,25-27,43-47H,23-24,28-31H2/t43-,44-,45+/m1/s1. The van der Waals surface area contributed by atoms with E-state index in [1.807, 2.05) is 140 Å². The van der Waals surface area contributed by atoms with Gasteiger partial charge in [-0.3, -0.25) is 0 Å². The Morgan fingerprint density at radius 1 is 0.509 bits per heavy atom. The molecule has 0 bridgehead atoms. The molecular formula is C45H42O8. The van der Waals surface area contributed by atoms with Gasteiger partial charge >= 0.3 is 0 Å². The van der Waals surface area contributed by atoms with Crippen molar-refractivity contribution in [2.24, 2.45) is 0 Å². The van der Waals surface area contributed by atoms with Gasteiger partial charge in [-0.1, -0.05) is 127 Å². The van der Waals surface area contributed by atoms with Crippen LogP contribution >= 0.6 is 0 Å². The summed E-state index contributed by atoms with van der Waals surface area (Å²) in [6, 6.07) is 48.6. The molecule has 270 valence electrons. The van der Waals surface area contributed by atoms with Crippen molar-refractivity contribution in [3.05, 3.63) is 185 Å². The third-order valence-corrected chi connectivity index (χ3v) is 8.88. The fourth-order valence-corrected chi connectivity index (χ4v) is 6.20. The van der Waals surface area contributed by atoms with E-state index in [0.717, 1.165) is 22.3 Å². The van der Waals surface area contributed by atoms with Crippen LogP contribution in [-0.4, -0.2) is 29.5 Å². The van der Waals surface area contributed by atoms with E-state index in [0.29, 0.717) is 59.7 Å². The SMILES string of the molecule is OCCO[C@H]1c2c(OCc3ccccc3)cc(OCc3ccccc3)cc2O[C@H](c2ccc(OCc3ccccc3)c(OCc3ccccc3)c2)[C@H]1O. The van der Waals surface area contributed by atoms with Gasteiger partial charge in [-0.2, -0.15) is 0 Å². The van der Waals surface area contributed by atoms with Gasteiger partial charge in [0.05, 0.1) is 18.8 Å². The highest BCUT2D eigenvalue weighted by molar-refractivity contribution is 5.55. The Morgan fingerprint density at radius 3 is 1.53 bits per heavy atom. The van der Waals surface area contributed by atoms with Gasteiger partial charge in [0.1, 0.15) is 55.9 Å². The molecule has 0 saturated heterocycles. The highest BCUT2D eigenvalue weighted by Gasteiger charge is 2.42. The van der Waals surface area contributed by atoms with Crippen LogP contribution in [0.25, 0.3) is 0 Å². The lowest BCUT2D eigenvalue weighted by molar-refractivity contribution is -0.108. The predicted octanol–water partition coefficient (Wildman–Crippen LogP) is 8.55. The molecule has 0 unspecified atom stereocenters. The summed E-state index contributed by atoms with van der Waals surface area (Å²) in [5, 5.41) is 21.8. The second-order valence-corrected chi connectivity index (χ2v) is 12.7. The van der Waals surface area contributed by atoms with Gasteiger partial charge in [-0.05, 0) is 39.9 Å². The van der Waals surface area contributed by atoms with E-state index in [1.165, 1.54) is 0 Å². The molecule has 2 N–H and O–H groups in total. The molecule has 0 saturated carbocycles. The van der Waals surface area contributed by atoms with Crippen LogP contribution in [0.1, 0.15) is 45.6 Å². The van der Waals surface area contributed by atoms with Gasteiger partial charge in [0, 0.05) is 12.1 Å². The molecule has 0 aromatic heterocycles. The largest absolute Gasteiger partial charge is 0.489 e. The number of aliphatic hydroxyl groups is 2. The van der Waals surface area contributed by atoms with Crippen molar-refractivity contribution in [2.45, 2.75) is 44.7 Å². The quantitative estimate of drug-likeness (QED) is 0.103. The average molecular weight is 711 g/mol. The maximum atomic E-state index is 12.0. The molecule has 53 heavy (non-hydrogen) atoms. The number of hydrogen-bond donors (Lipinski definition) is 2. The van der Waals surface area contributed by atoms with Gasteiger partial charge < -0.3 is 38.6 Å². The van der Waals surface area contributed by atoms with Crippen LogP contribution in [0.5, 0.6) is 28.7 Å². The molecule has 0 radical (unpaired) electrons. The van der Waals surface area contributed by atoms with Crippen LogP contribution in [0.15, 0.2) is 152 Å². The molecule has 3 atom stereocenters. The maximum absolute atomic E-state index is 12.0. The minimum Gasteiger partial charge on any atom is -0.489 e. The van der Waals surface area contributed by atoms with Crippen LogP contribution in [0, 0.1) is 0 Å². The lowest BCUT2D eigenvalue weighted by atomic mass is 9.91. The molecule has 6 aromatic carbocycles. The van der Waals surface area contributed by atoms with E-state index in [4.69, 9.17) is 28.4 Å². The van der Waals surface area contributed by atoms with Crippen LogP contribution < -0.4 is 23.7 Å². The number of aliphatic hydroxyl groups excluding tert-OH is 2. The minimum absolute atomic E-state index is 0.00400. The lowest BCUT2D eigenvalue weighted by Gasteiger charge is -2.38. The first-order valence-corrected chi connectivity index (χ1v) is 17.7. The smallest absolute Gasteiger partial charge is 0.162 e. The predicted molar refractivity (Wildman–Crippen MR) is 201 cm³/mol. The number of ether oxygens (including phenoxy) is 6. The lowest BCUT2D eigenvalue weighted by Crippen LogP contribution is -2.36. The van der Waals surface area contributed by atoms with E-state index in [-0.39, 0.29) is 19.8 Å². The Balaban J connectivity index is 1.23. The van der Waals surface area contributed by atoms with Crippen molar-refractivity contribution < 1.29 is 38.6 Å². The number of rotatable bonds is 16. The van der Waals surface area contributed by atoms with Crippen LogP contribution in [-0.2, 0) is 31.2 Å². The van der Waals surface area contributed by atoms with E-state index in [1.54, 1.807) is 12.1 Å². The Kier molecular flexibility index (Phi) is 11.8. The molecule has 0 spiro atoms. The summed E-state index contributed by atoms with van der Waals surface area (Å²) in [7, 11) is 0. The van der Waals surface area contributed by atoms with Crippen molar-refractivity contribution in [2.75, 3.05) is 13.2 Å². The van der Waals surface area contributed by atoms with E-state index in [2.05, 4.69) is 0 Å². The van der Waals surface area contributed by atoms with Crippen LogP contribution in [0.2, 0.25) is 0 Å². The Labute approximate surface area is 309 Å². The van der Waals surface area contributed by atoms with Gasteiger partial charge in [0.25, 0.3) is 0 Å². The van der Waals surface area contributed by atoms with E-state index in [9.17, 15) is 10.2 Å². The highest BCUT2D eigenvalue weighted by atomic mass is 16.5. The molecule has 1 aliphatic rings. The fourth-order valence-electron chi connectivity index (χ4n) is 6.20. The number of hydrogen-bond acceptors (Lipinski definition) is 8. The summed E-state index contributed by atoms with van der Waals surface area (Å²) < 4.78 is 38.1. The van der Waals surface area contributed by atoms with Crippen LogP contribution in [0.3, 0.4) is 0 Å². The Hall–Kier alpha value is -5.80. The molecular weight excluding hydrogens is 668 g/mol. The van der Waals surface area contributed by atoms with Crippen molar-refractivity contribution in [3.8, 4) is 28.7 Å². The second kappa shape index (κ2) is 17.6. The summed E-state index contributed by atoms with van der Waals surface area (Å²) in [6.07, 6.45) is -2.95. The number of fused-ring (bicyclic) bond motifs is 1. The second-order valence-electron chi connectivity index (χ2n) is 12.7. The monoisotopic (exact) mass is 710 g/mol. The Bertz CT molecular complexity index is 2020. The third kappa shape index (κ3) is 9.17. The molecule has 1 aliphatic heterocycles. The minimum atomic E-state index is -1.18. The molecule has 1 heterocycles. The van der Waals surface area contributed by atoms with Gasteiger partial charge in [0.2, 0.25) is 0 Å². The first-order valence-electron chi connectivity index (χ1n) is 17.7. The Morgan fingerprint density at radius 2 is 1.00 bits per heavy atom. The van der Waals surface area contributed by atoms with Crippen LogP contribution in [0.4, 0.5) is 0 Å².